The molecule has 1 amide bonds. The predicted molar refractivity (Wildman–Crippen MR) is 137 cm³/mol. The Balaban J connectivity index is 1.43. The van der Waals surface area contributed by atoms with E-state index in [1.807, 2.05) is 25.1 Å². The molecule has 0 radical (unpaired) electrons. The second kappa shape index (κ2) is 11.4. The summed E-state index contributed by atoms with van der Waals surface area (Å²) < 4.78 is 33.6. The molecule has 3 aromatic carbocycles. The average molecular weight is 494 g/mol. The van der Waals surface area contributed by atoms with Crippen molar-refractivity contribution in [3.8, 4) is 5.75 Å². The van der Waals surface area contributed by atoms with Crippen molar-refractivity contribution in [3.05, 3.63) is 90.0 Å². The first-order valence-corrected chi connectivity index (χ1v) is 13.4. The van der Waals surface area contributed by atoms with Gasteiger partial charge in [0.2, 0.25) is 0 Å². The molecule has 184 valence electrons. The number of sulfonamides is 1. The van der Waals surface area contributed by atoms with Gasteiger partial charge in [0.1, 0.15) is 5.75 Å². The zero-order chi connectivity index (χ0) is 24.7. The van der Waals surface area contributed by atoms with Gasteiger partial charge in [-0.15, -0.1) is 0 Å². The maximum Gasteiger partial charge on any atom is 0.261 e. The van der Waals surface area contributed by atoms with E-state index in [4.69, 9.17) is 4.74 Å². The summed E-state index contributed by atoms with van der Waals surface area (Å²) in [6.07, 6.45) is 2.32. The molecule has 4 rings (SSSR count). The van der Waals surface area contributed by atoms with Crippen LogP contribution in [0.3, 0.4) is 0 Å². The second-order valence-corrected chi connectivity index (χ2v) is 10.2. The number of hydrogen-bond acceptors (Lipinski definition) is 5. The summed E-state index contributed by atoms with van der Waals surface area (Å²) in [6, 6.07) is 23.0. The van der Waals surface area contributed by atoms with E-state index in [1.54, 1.807) is 36.4 Å². The molecule has 1 saturated heterocycles. The van der Waals surface area contributed by atoms with Gasteiger partial charge in [-0.05, 0) is 80.9 Å². The van der Waals surface area contributed by atoms with E-state index in [1.165, 1.54) is 17.7 Å². The topological polar surface area (TPSA) is 87.7 Å². The monoisotopic (exact) mass is 493 g/mol. The van der Waals surface area contributed by atoms with Crippen molar-refractivity contribution in [2.24, 2.45) is 0 Å². The first-order chi connectivity index (χ1) is 17.0. The van der Waals surface area contributed by atoms with Crippen LogP contribution in [0.2, 0.25) is 0 Å². The Morgan fingerprint density at radius 1 is 0.971 bits per heavy atom. The summed E-state index contributed by atoms with van der Waals surface area (Å²) in [4.78, 5) is 15.5. The number of ether oxygens (including phenoxy) is 1. The Labute approximate surface area is 207 Å². The lowest BCUT2D eigenvalue weighted by atomic mass is 10.1. The summed E-state index contributed by atoms with van der Waals surface area (Å²) >= 11 is 0. The van der Waals surface area contributed by atoms with Crippen LogP contribution in [0.4, 0.5) is 5.69 Å². The van der Waals surface area contributed by atoms with E-state index in [2.05, 4.69) is 27.1 Å². The van der Waals surface area contributed by atoms with Gasteiger partial charge in [-0.2, -0.15) is 0 Å². The predicted octanol–water partition coefficient (Wildman–Crippen LogP) is 4.45. The highest BCUT2D eigenvalue weighted by Crippen LogP contribution is 2.25. The molecule has 1 atom stereocenters. The van der Waals surface area contributed by atoms with Crippen molar-refractivity contribution in [3.63, 3.8) is 0 Å². The molecule has 0 aliphatic carbocycles. The smallest absolute Gasteiger partial charge is 0.261 e. The number of carbonyl (C=O) groups is 1. The lowest BCUT2D eigenvalue weighted by Gasteiger charge is -2.28. The summed E-state index contributed by atoms with van der Waals surface area (Å²) in [5, 5.41) is 3.04. The van der Waals surface area contributed by atoms with Gasteiger partial charge in [-0.3, -0.25) is 14.4 Å². The van der Waals surface area contributed by atoms with Crippen LogP contribution in [0.25, 0.3) is 0 Å². The van der Waals surface area contributed by atoms with Crippen LogP contribution in [-0.4, -0.2) is 45.5 Å². The fourth-order valence-electron chi connectivity index (χ4n) is 4.30. The van der Waals surface area contributed by atoms with Crippen molar-refractivity contribution in [2.75, 3.05) is 31.0 Å². The molecule has 1 heterocycles. The van der Waals surface area contributed by atoms with Crippen LogP contribution in [0.5, 0.6) is 5.75 Å². The minimum Gasteiger partial charge on any atom is -0.494 e. The van der Waals surface area contributed by atoms with Gasteiger partial charge in [0.25, 0.3) is 15.9 Å². The number of nitrogens with zero attached hydrogens (tertiary/aromatic N) is 1. The standard InChI is InChI=1S/C27H31N3O4S/c1-2-34-24-13-15-25(16-14-24)35(32,33)29-23-12-8-11-22(19-23)27(31)28-20-26(30-17-6-7-18-30)21-9-4-3-5-10-21/h3-5,8-16,19,26,29H,2,6-7,17-18,20H2,1H3,(H,28,31). The number of hydrogen-bond donors (Lipinski definition) is 2. The van der Waals surface area contributed by atoms with Crippen molar-refractivity contribution in [1.82, 2.24) is 10.2 Å². The average Bonchev–Trinajstić information content (AvgIpc) is 3.40. The maximum atomic E-state index is 13.0. The van der Waals surface area contributed by atoms with Crippen LogP contribution in [0.1, 0.15) is 41.7 Å². The van der Waals surface area contributed by atoms with E-state index in [0.29, 0.717) is 30.2 Å². The minimum absolute atomic E-state index is 0.101. The number of anilines is 1. The van der Waals surface area contributed by atoms with E-state index < -0.39 is 10.0 Å². The van der Waals surface area contributed by atoms with E-state index in [-0.39, 0.29) is 16.8 Å². The molecule has 7 nitrogen and oxygen atoms in total. The van der Waals surface area contributed by atoms with Crippen LogP contribution < -0.4 is 14.8 Å². The molecule has 1 fully saturated rings. The molecule has 0 spiro atoms. The minimum atomic E-state index is -3.80. The fraction of sp³-hybridized carbons (Fsp3) is 0.296. The van der Waals surface area contributed by atoms with Crippen LogP contribution in [-0.2, 0) is 10.0 Å². The largest absolute Gasteiger partial charge is 0.494 e. The third kappa shape index (κ3) is 6.41. The molecule has 1 aliphatic heterocycles. The van der Waals surface area contributed by atoms with E-state index in [0.717, 1.165) is 25.9 Å². The van der Waals surface area contributed by atoms with E-state index in [9.17, 15) is 13.2 Å². The molecule has 3 aromatic rings. The zero-order valence-electron chi connectivity index (χ0n) is 19.8. The van der Waals surface area contributed by atoms with Crippen LogP contribution in [0, 0.1) is 0 Å². The molecule has 35 heavy (non-hydrogen) atoms. The number of benzene rings is 3. The maximum absolute atomic E-state index is 13.0. The third-order valence-electron chi connectivity index (χ3n) is 6.04. The molecule has 8 heteroatoms. The number of carbonyl (C=O) groups excluding carboxylic acids is 1. The Hall–Kier alpha value is -3.36. The third-order valence-corrected chi connectivity index (χ3v) is 7.44. The Kier molecular flexibility index (Phi) is 8.05. The van der Waals surface area contributed by atoms with Gasteiger partial charge in [0.15, 0.2) is 0 Å². The highest BCUT2D eigenvalue weighted by atomic mass is 32.2. The Morgan fingerprint density at radius 2 is 1.69 bits per heavy atom. The molecule has 0 bridgehead atoms. The van der Waals surface area contributed by atoms with Crippen molar-refractivity contribution < 1.29 is 17.9 Å². The normalized spacial score (nSPS) is 14.9. The number of nitrogens with one attached hydrogen (secondary N) is 2. The molecule has 1 aliphatic rings. The van der Waals surface area contributed by atoms with E-state index >= 15 is 0 Å². The quantitative estimate of drug-likeness (QED) is 0.436. The highest BCUT2D eigenvalue weighted by molar-refractivity contribution is 7.92. The number of rotatable bonds is 10. The SMILES string of the molecule is CCOc1ccc(S(=O)(=O)Nc2cccc(C(=O)NCC(c3ccccc3)N3CCCC3)c2)cc1. The highest BCUT2D eigenvalue weighted by Gasteiger charge is 2.24. The van der Waals surface area contributed by atoms with Crippen molar-refractivity contribution in [1.29, 1.82) is 0 Å². The number of amides is 1. The van der Waals surface area contributed by atoms with Gasteiger partial charge in [-0.1, -0.05) is 36.4 Å². The molecular weight excluding hydrogens is 462 g/mol. The van der Waals surface area contributed by atoms with Crippen LogP contribution in [0.15, 0.2) is 83.8 Å². The number of likely N-dealkylation sites (tertiary alicyclic amines) is 1. The van der Waals surface area contributed by atoms with Gasteiger partial charge in [-0.25, -0.2) is 8.42 Å². The first-order valence-electron chi connectivity index (χ1n) is 11.9. The molecule has 1 unspecified atom stereocenters. The summed E-state index contributed by atoms with van der Waals surface area (Å²) in [5.74, 6) is 0.361. The first kappa shape index (κ1) is 24.8. The van der Waals surface area contributed by atoms with Crippen molar-refractivity contribution in [2.45, 2.75) is 30.7 Å². The Bertz CT molecular complexity index is 1220. The Morgan fingerprint density at radius 3 is 2.37 bits per heavy atom. The van der Waals surface area contributed by atoms with Gasteiger partial charge in [0.05, 0.1) is 17.5 Å². The molecule has 0 aromatic heterocycles. The van der Waals surface area contributed by atoms with Gasteiger partial charge in [0, 0.05) is 17.8 Å². The molecule has 0 saturated carbocycles. The molecular formula is C27H31N3O4S. The molecule has 2 N–H and O–H groups in total. The van der Waals surface area contributed by atoms with Crippen LogP contribution >= 0.6 is 0 Å². The fourth-order valence-corrected chi connectivity index (χ4v) is 5.35. The summed E-state index contributed by atoms with van der Waals surface area (Å²) in [5.41, 5.74) is 1.89. The van der Waals surface area contributed by atoms with Crippen molar-refractivity contribution >= 4 is 21.6 Å². The zero-order valence-corrected chi connectivity index (χ0v) is 20.6. The van der Waals surface area contributed by atoms with Gasteiger partial charge >= 0.3 is 0 Å². The summed E-state index contributed by atoms with van der Waals surface area (Å²) in [7, 11) is -3.80. The lowest BCUT2D eigenvalue weighted by molar-refractivity contribution is 0.0938. The second-order valence-electron chi connectivity index (χ2n) is 8.47. The lowest BCUT2D eigenvalue weighted by Crippen LogP contribution is -2.36. The summed E-state index contributed by atoms with van der Waals surface area (Å²) in [6.45, 7) is 4.87. The van der Waals surface area contributed by atoms with Gasteiger partial charge < -0.3 is 10.1 Å².